The van der Waals surface area contributed by atoms with E-state index >= 15 is 0 Å². The number of anilines is 1. The molecular formula is C17H18ClFN2O3. The molecule has 1 unspecified atom stereocenters. The standard InChI is InChI=1S/C17H18ClFN2O3/c1-24-15-7-2-11(16(19)9-15)8-14(10-22)21-17(23)20-13-5-3-12(18)4-6-13/h2-7,9,14,22H,8,10H2,1H3,(H2,20,21,23). The summed E-state index contributed by atoms with van der Waals surface area (Å²) in [7, 11) is 1.45. The van der Waals surface area contributed by atoms with Crippen molar-refractivity contribution >= 4 is 23.3 Å². The van der Waals surface area contributed by atoms with E-state index in [1.165, 1.54) is 13.2 Å². The summed E-state index contributed by atoms with van der Waals surface area (Å²) < 4.78 is 18.9. The number of nitrogens with one attached hydrogen (secondary N) is 2. The van der Waals surface area contributed by atoms with Gasteiger partial charge in [-0.2, -0.15) is 0 Å². The number of aliphatic hydroxyl groups excluding tert-OH is 1. The molecule has 2 rings (SSSR count). The lowest BCUT2D eigenvalue weighted by molar-refractivity contribution is 0.223. The third-order valence-corrected chi connectivity index (χ3v) is 3.64. The maximum Gasteiger partial charge on any atom is 0.319 e. The van der Waals surface area contributed by atoms with Gasteiger partial charge in [0, 0.05) is 16.8 Å². The number of hydrogen-bond acceptors (Lipinski definition) is 3. The zero-order valence-corrected chi connectivity index (χ0v) is 13.8. The third-order valence-electron chi connectivity index (χ3n) is 3.38. The molecule has 1 atom stereocenters. The van der Waals surface area contributed by atoms with E-state index in [0.717, 1.165) is 0 Å². The summed E-state index contributed by atoms with van der Waals surface area (Å²) in [6, 6.07) is 9.93. The zero-order valence-electron chi connectivity index (χ0n) is 13.1. The molecule has 2 aromatic rings. The first-order chi connectivity index (χ1) is 11.5. The molecule has 0 bridgehead atoms. The molecule has 0 aliphatic carbocycles. The molecule has 0 saturated carbocycles. The molecule has 2 aromatic carbocycles. The smallest absolute Gasteiger partial charge is 0.319 e. The number of benzene rings is 2. The van der Waals surface area contributed by atoms with Crippen LogP contribution in [0.5, 0.6) is 5.75 Å². The summed E-state index contributed by atoms with van der Waals surface area (Å²) >= 11 is 5.78. The molecule has 0 fully saturated rings. The Bertz CT molecular complexity index is 695. The number of rotatable bonds is 6. The van der Waals surface area contributed by atoms with Crippen molar-refractivity contribution in [3.05, 3.63) is 58.9 Å². The number of hydrogen-bond donors (Lipinski definition) is 3. The summed E-state index contributed by atoms with van der Waals surface area (Å²) in [5, 5.41) is 15.2. The van der Waals surface area contributed by atoms with Gasteiger partial charge in [-0.25, -0.2) is 9.18 Å². The van der Waals surface area contributed by atoms with Gasteiger partial charge in [-0.15, -0.1) is 0 Å². The lowest BCUT2D eigenvalue weighted by Crippen LogP contribution is -2.41. The van der Waals surface area contributed by atoms with Gasteiger partial charge in [-0.3, -0.25) is 0 Å². The predicted molar refractivity (Wildman–Crippen MR) is 91.1 cm³/mol. The molecule has 0 radical (unpaired) electrons. The molecule has 0 spiro atoms. The minimum Gasteiger partial charge on any atom is -0.497 e. The van der Waals surface area contributed by atoms with Crippen molar-refractivity contribution in [2.24, 2.45) is 0 Å². The monoisotopic (exact) mass is 352 g/mol. The SMILES string of the molecule is COc1ccc(CC(CO)NC(=O)Nc2ccc(Cl)cc2)c(F)c1. The van der Waals surface area contributed by atoms with Gasteiger partial charge in [-0.1, -0.05) is 17.7 Å². The van der Waals surface area contributed by atoms with Crippen LogP contribution >= 0.6 is 11.6 Å². The van der Waals surface area contributed by atoms with Crippen LogP contribution in [0.1, 0.15) is 5.56 Å². The van der Waals surface area contributed by atoms with Crippen LogP contribution in [0, 0.1) is 5.82 Å². The molecule has 0 aliphatic heterocycles. The number of urea groups is 1. The lowest BCUT2D eigenvalue weighted by atomic mass is 10.1. The summed E-state index contributed by atoms with van der Waals surface area (Å²) in [5.74, 6) is -0.0436. The van der Waals surface area contributed by atoms with Crippen molar-refractivity contribution in [1.82, 2.24) is 5.32 Å². The molecule has 0 aromatic heterocycles. The average molecular weight is 353 g/mol. The van der Waals surface area contributed by atoms with Crippen LogP contribution in [-0.2, 0) is 6.42 Å². The molecule has 0 aliphatic rings. The van der Waals surface area contributed by atoms with Gasteiger partial charge in [-0.05, 0) is 42.3 Å². The van der Waals surface area contributed by atoms with Gasteiger partial charge in [0.1, 0.15) is 11.6 Å². The van der Waals surface area contributed by atoms with Crippen LogP contribution < -0.4 is 15.4 Å². The Morgan fingerprint density at radius 1 is 1.29 bits per heavy atom. The van der Waals surface area contributed by atoms with Gasteiger partial charge >= 0.3 is 6.03 Å². The zero-order chi connectivity index (χ0) is 17.5. The van der Waals surface area contributed by atoms with Crippen molar-refractivity contribution < 1.29 is 19.0 Å². The van der Waals surface area contributed by atoms with E-state index in [9.17, 15) is 14.3 Å². The Balaban J connectivity index is 1.96. The molecule has 128 valence electrons. The van der Waals surface area contributed by atoms with E-state index < -0.39 is 17.9 Å². The van der Waals surface area contributed by atoms with Gasteiger partial charge in [0.15, 0.2) is 0 Å². The molecule has 7 heteroatoms. The average Bonchev–Trinajstić information content (AvgIpc) is 2.57. The van der Waals surface area contributed by atoms with Crippen molar-refractivity contribution in [3.63, 3.8) is 0 Å². The highest BCUT2D eigenvalue weighted by atomic mass is 35.5. The molecule has 2 amide bonds. The number of carbonyl (C=O) groups excluding carboxylic acids is 1. The number of ether oxygens (including phenoxy) is 1. The fourth-order valence-corrected chi connectivity index (χ4v) is 2.26. The fraction of sp³-hybridized carbons (Fsp3) is 0.235. The maximum atomic E-state index is 14.0. The van der Waals surface area contributed by atoms with Crippen molar-refractivity contribution in [2.45, 2.75) is 12.5 Å². The second-order valence-electron chi connectivity index (χ2n) is 5.15. The van der Waals surface area contributed by atoms with Gasteiger partial charge < -0.3 is 20.5 Å². The normalized spacial score (nSPS) is 11.7. The van der Waals surface area contributed by atoms with Gasteiger partial charge in [0.05, 0.1) is 19.8 Å². The van der Waals surface area contributed by atoms with E-state index in [2.05, 4.69) is 10.6 Å². The Morgan fingerprint density at radius 2 is 2.00 bits per heavy atom. The van der Waals surface area contributed by atoms with E-state index in [1.54, 1.807) is 36.4 Å². The summed E-state index contributed by atoms with van der Waals surface area (Å²) in [6.07, 6.45) is 0.153. The molecule has 0 saturated heterocycles. The molecule has 3 N–H and O–H groups in total. The summed E-state index contributed by atoms with van der Waals surface area (Å²) in [5.41, 5.74) is 0.936. The molecular weight excluding hydrogens is 335 g/mol. The number of aliphatic hydroxyl groups is 1. The number of halogens is 2. The first kappa shape index (κ1) is 18.0. The van der Waals surface area contributed by atoms with Crippen molar-refractivity contribution in [2.75, 3.05) is 19.0 Å². The minimum atomic E-state index is -0.625. The molecule has 24 heavy (non-hydrogen) atoms. The van der Waals surface area contributed by atoms with Gasteiger partial charge in [0.2, 0.25) is 0 Å². The molecule has 5 nitrogen and oxygen atoms in total. The number of methoxy groups -OCH3 is 1. The minimum absolute atomic E-state index is 0.153. The Hall–Kier alpha value is -2.31. The summed E-state index contributed by atoms with van der Waals surface area (Å²) in [4.78, 5) is 12.0. The first-order valence-electron chi connectivity index (χ1n) is 7.28. The number of carbonyl (C=O) groups is 1. The largest absolute Gasteiger partial charge is 0.497 e. The van der Waals surface area contributed by atoms with E-state index in [1.807, 2.05) is 0 Å². The first-order valence-corrected chi connectivity index (χ1v) is 7.66. The van der Waals surface area contributed by atoms with Crippen LogP contribution in [0.2, 0.25) is 5.02 Å². The lowest BCUT2D eigenvalue weighted by Gasteiger charge is -2.17. The van der Waals surface area contributed by atoms with Crippen LogP contribution in [-0.4, -0.2) is 30.9 Å². The maximum absolute atomic E-state index is 14.0. The van der Waals surface area contributed by atoms with Crippen LogP contribution in [0.15, 0.2) is 42.5 Å². The topological polar surface area (TPSA) is 70.6 Å². The second kappa shape index (κ2) is 8.52. The Kier molecular flexibility index (Phi) is 6.40. The van der Waals surface area contributed by atoms with Crippen molar-refractivity contribution in [1.29, 1.82) is 0 Å². The van der Waals surface area contributed by atoms with E-state index in [4.69, 9.17) is 16.3 Å². The molecule has 0 heterocycles. The van der Waals surface area contributed by atoms with E-state index in [0.29, 0.717) is 22.0 Å². The fourth-order valence-electron chi connectivity index (χ4n) is 2.13. The summed E-state index contributed by atoms with van der Waals surface area (Å²) in [6.45, 7) is -0.320. The highest BCUT2D eigenvalue weighted by Gasteiger charge is 2.15. The quantitative estimate of drug-likeness (QED) is 0.747. The van der Waals surface area contributed by atoms with Crippen LogP contribution in [0.25, 0.3) is 0 Å². The van der Waals surface area contributed by atoms with E-state index in [-0.39, 0.29) is 13.0 Å². The Morgan fingerprint density at radius 3 is 2.58 bits per heavy atom. The highest BCUT2D eigenvalue weighted by molar-refractivity contribution is 6.30. The second-order valence-corrected chi connectivity index (χ2v) is 5.58. The Labute approximate surface area is 144 Å². The highest BCUT2D eigenvalue weighted by Crippen LogP contribution is 2.18. The number of amides is 2. The van der Waals surface area contributed by atoms with Crippen molar-refractivity contribution in [3.8, 4) is 5.75 Å². The predicted octanol–water partition coefficient (Wildman–Crippen LogP) is 3.21. The van der Waals surface area contributed by atoms with Crippen LogP contribution in [0.4, 0.5) is 14.9 Å². The van der Waals surface area contributed by atoms with Gasteiger partial charge in [0.25, 0.3) is 0 Å². The van der Waals surface area contributed by atoms with Crippen LogP contribution in [0.3, 0.4) is 0 Å². The third kappa shape index (κ3) is 5.11.